The predicted molar refractivity (Wildman–Crippen MR) is 138 cm³/mol. The summed E-state index contributed by atoms with van der Waals surface area (Å²) in [7, 11) is 2.06. The van der Waals surface area contributed by atoms with Crippen molar-refractivity contribution in [1.82, 2.24) is 24.8 Å². The lowest BCUT2D eigenvalue weighted by atomic mass is 10.0. The molecule has 0 aliphatic carbocycles. The number of carbonyl (C=O) groups is 1. The Labute approximate surface area is 213 Å². The van der Waals surface area contributed by atoms with Crippen molar-refractivity contribution < 1.29 is 9.18 Å². The molecule has 0 bridgehead atoms. The number of nitrogens with zero attached hydrogens (tertiary/aromatic N) is 6. The maximum atomic E-state index is 14.0. The van der Waals surface area contributed by atoms with Crippen LogP contribution in [0.15, 0.2) is 55.1 Å². The first-order valence-electron chi connectivity index (χ1n) is 11.9. The van der Waals surface area contributed by atoms with E-state index >= 15 is 0 Å². The fourth-order valence-electron chi connectivity index (χ4n) is 4.95. The van der Waals surface area contributed by atoms with Gasteiger partial charge in [-0.25, -0.2) is 14.4 Å². The molecule has 1 fully saturated rings. The van der Waals surface area contributed by atoms with Crippen molar-refractivity contribution in [3.8, 4) is 11.1 Å². The van der Waals surface area contributed by atoms with Gasteiger partial charge in [0.25, 0.3) is 5.91 Å². The Balaban J connectivity index is 1.37. The molecule has 2 aliphatic rings. The van der Waals surface area contributed by atoms with Crippen molar-refractivity contribution in [2.45, 2.75) is 6.42 Å². The van der Waals surface area contributed by atoms with Gasteiger partial charge in [-0.3, -0.25) is 9.78 Å². The second-order valence-electron chi connectivity index (χ2n) is 9.28. The average molecular weight is 503 g/mol. The Morgan fingerprint density at radius 3 is 2.64 bits per heavy atom. The Bertz CT molecular complexity index is 1490. The fraction of sp³-hybridized carbons (Fsp3) is 0.259. The summed E-state index contributed by atoms with van der Waals surface area (Å²) in [6.45, 7) is 3.82. The molecule has 6 rings (SSSR count). The minimum absolute atomic E-state index is 0.0000428. The highest BCUT2D eigenvalue weighted by Gasteiger charge is 2.25. The van der Waals surface area contributed by atoms with E-state index in [1.165, 1.54) is 12.4 Å². The first kappa shape index (κ1) is 22.8. The van der Waals surface area contributed by atoms with Gasteiger partial charge < -0.3 is 14.7 Å². The summed E-state index contributed by atoms with van der Waals surface area (Å²) < 4.78 is 14.0. The zero-order valence-corrected chi connectivity index (χ0v) is 20.5. The van der Waals surface area contributed by atoms with E-state index < -0.39 is 5.82 Å². The fourth-order valence-corrected chi connectivity index (χ4v) is 5.10. The van der Waals surface area contributed by atoms with Crippen molar-refractivity contribution in [3.63, 3.8) is 0 Å². The Hall–Kier alpha value is -3.62. The van der Waals surface area contributed by atoms with Crippen molar-refractivity contribution in [3.05, 3.63) is 77.1 Å². The lowest BCUT2D eigenvalue weighted by molar-refractivity contribution is 0.0663. The summed E-state index contributed by atoms with van der Waals surface area (Å²) in [5.74, 6) is 0.326. The molecular weight excluding hydrogens is 479 g/mol. The van der Waals surface area contributed by atoms with Gasteiger partial charge in [0, 0.05) is 61.8 Å². The number of rotatable bonds is 3. The van der Waals surface area contributed by atoms with Gasteiger partial charge in [-0.1, -0.05) is 17.7 Å². The predicted octanol–water partition coefficient (Wildman–Crippen LogP) is 4.57. The number of halogens is 2. The maximum Gasteiger partial charge on any atom is 0.255 e. The number of hydrogen-bond acceptors (Lipinski definition) is 6. The van der Waals surface area contributed by atoms with E-state index in [1.807, 2.05) is 29.2 Å². The monoisotopic (exact) mass is 502 g/mol. The van der Waals surface area contributed by atoms with Crippen molar-refractivity contribution in [1.29, 1.82) is 0 Å². The molecule has 2 aromatic heterocycles. The van der Waals surface area contributed by atoms with Gasteiger partial charge in [0.05, 0.1) is 16.1 Å². The van der Waals surface area contributed by atoms with E-state index in [9.17, 15) is 9.18 Å². The molecule has 1 amide bonds. The van der Waals surface area contributed by atoms with Crippen LogP contribution < -0.4 is 4.90 Å². The maximum absolute atomic E-state index is 14.0. The minimum atomic E-state index is -0.411. The van der Waals surface area contributed by atoms with Crippen LogP contribution in [0.4, 0.5) is 15.9 Å². The largest absolute Gasteiger partial charge is 0.336 e. The smallest absolute Gasteiger partial charge is 0.255 e. The van der Waals surface area contributed by atoms with Gasteiger partial charge in [0.1, 0.15) is 18.0 Å². The van der Waals surface area contributed by atoms with Gasteiger partial charge in [0.15, 0.2) is 0 Å². The quantitative estimate of drug-likeness (QED) is 0.409. The Morgan fingerprint density at radius 1 is 0.972 bits per heavy atom. The van der Waals surface area contributed by atoms with Crippen LogP contribution in [0.25, 0.3) is 22.0 Å². The molecule has 0 N–H and O–H groups in total. The first-order chi connectivity index (χ1) is 17.5. The van der Waals surface area contributed by atoms with Crippen LogP contribution >= 0.6 is 11.6 Å². The summed E-state index contributed by atoms with van der Waals surface area (Å²) in [6.07, 6.45) is 5.63. The molecule has 36 heavy (non-hydrogen) atoms. The number of likely N-dealkylation sites (N-methyl/N-ethyl adjacent to an activating group) is 1. The standard InChI is InChI=1S/C27H24ClFN6O/c1-33-6-8-34(9-7-33)27(36)20-10-19(14-30-15-20)17-2-3-24-21(11-17)26(32-16-31-24)35-5-4-18-12-23(29)22(28)13-25(18)35/h2-3,10-16H,4-9H2,1H3. The second-order valence-corrected chi connectivity index (χ2v) is 9.69. The highest BCUT2D eigenvalue weighted by molar-refractivity contribution is 6.31. The summed E-state index contributed by atoms with van der Waals surface area (Å²) in [5.41, 5.74) is 4.89. The highest BCUT2D eigenvalue weighted by atomic mass is 35.5. The lowest BCUT2D eigenvalue weighted by Crippen LogP contribution is -2.47. The molecule has 2 aliphatic heterocycles. The zero-order valence-electron chi connectivity index (χ0n) is 19.8. The Morgan fingerprint density at radius 2 is 1.81 bits per heavy atom. The van der Waals surface area contributed by atoms with Crippen LogP contribution in [0.1, 0.15) is 15.9 Å². The molecule has 0 radical (unpaired) electrons. The molecule has 0 unspecified atom stereocenters. The molecule has 2 aromatic carbocycles. The number of amides is 1. The number of carbonyl (C=O) groups excluding carboxylic acids is 1. The van der Waals surface area contributed by atoms with E-state index in [2.05, 4.69) is 31.8 Å². The normalized spacial score (nSPS) is 16.0. The van der Waals surface area contributed by atoms with Crippen LogP contribution in [0.2, 0.25) is 5.02 Å². The molecule has 9 heteroatoms. The van der Waals surface area contributed by atoms with Crippen LogP contribution in [-0.2, 0) is 6.42 Å². The van der Waals surface area contributed by atoms with Crippen LogP contribution in [0.5, 0.6) is 0 Å². The number of pyridine rings is 1. The molecule has 0 atom stereocenters. The summed E-state index contributed by atoms with van der Waals surface area (Å²) in [4.78, 5) is 32.7. The third-order valence-corrected chi connectivity index (χ3v) is 7.29. The third-order valence-electron chi connectivity index (χ3n) is 7.00. The van der Waals surface area contributed by atoms with E-state index in [-0.39, 0.29) is 10.9 Å². The molecule has 7 nitrogen and oxygen atoms in total. The highest BCUT2D eigenvalue weighted by Crippen LogP contribution is 2.39. The van der Waals surface area contributed by atoms with Gasteiger partial charge in [0.2, 0.25) is 0 Å². The van der Waals surface area contributed by atoms with Crippen molar-refractivity contribution >= 4 is 39.9 Å². The second kappa shape index (κ2) is 9.11. The summed E-state index contributed by atoms with van der Waals surface area (Å²) in [5, 5.41) is 0.951. The SMILES string of the molecule is CN1CCN(C(=O)c2cncc(-c3ccc4ncnc(N5CCc6cc(F)c(Cl)cc65)c4c3)c2)CC1. The van der Waals surface area contributed by atoms with Gasteiger partial charge in [-0.15, -0.1) is 0 Å². The van der Waals surface area contributed by atoms with E-state index in [4.69, 9.17) is 11.6 Å². The lowest BCUT2D eigenvalue weighted by Gasteiger charge is -2.32. The molecule has 182 valence electrons. The summed E-state index contributed by atoms with van der Waals surface area (Å²) >= 11 is 6.10. The van der Waals surface area contributed by atoms with Crippen LogP contribution in [-0.4, -0.2) is 70.4 Å². The molecule has 4 heterocycles. The summed E-state index contributed by atoms with van der Waals surface area (Å²) in [6, 6.07) is 11.0. The number of anilines is 2. The molecule has 4 aromatic rings. The molecule has 0 spiro atoms. The third kappa shape index (κ3) is 4.06. The van der Waals surface area contributed by atoms with Crippen LogP contribution in [0, 0.1) is 5.82 Å². The molecule has 0 saturated carbocycles. The van der Waals surface area contributed by atoms with E-state index in [1.54, 1.807) is 18.5 Å². The number of hydrogen-bond donors (Lipinski definition) is 0. The number of aromatic nitrogens is 3. The van der Waals surface area contributed by atoms with E-state index in [0.717, 1.165) is 52.2 Å². The Kier molecular flexibility index (Phi) is 5.78. The van der Waals surface area contributed by atoms with Gasteiger partial charge in [-0.2, -0.15) is 0 Å². The number of benzene rings is 2. The van der Waals surface area contributed by atoms with E-state index in [0.29, 0.717) is 31.6 Å². The molecule has 1 saturated heterocycles. The number of piperazine rings is 1. The van der Waals surface area contributed by atoms with Crippen molar-refractivity contribution in [2.75, 3.05) is 44.7 Å². The first-order valence-corrected chi connectivity index (χ1v) is 12.3. The average Bonchev–Trinajstić information content (AvgIpc) is 3.30. The minimum Gasteiger partial charge on any atom is -0.336 e. The van der Waals surface area contributed by atoms with Crippen molar-refractivity contribution in [2.24, 2.45) is 0 Å². The van der Waals surface area contributed by atoms with Gasteiger partial charge >= 0.3 is 0 Å². The topological polar surface area (TPSA) is 65.5 Å². The van der Waals surface area contributed by atoms with Crippen LogP contribution in [0.3, 0.4) is 0 Å². The van der Waals surface area contributed by atoms with Gasteiger partial charge in [-0.05, 0) is 54.9 Å². The zero-order chi connectivity index (χ0) is 24.8. The number of fused-ring (bicyclic) bond motifs is 2. The molecular formula is C27H24ClFN6O.